The molecular weight excluding hydrogens is 182 g/mol. The van der Waals surface area contributed by atoms with Gasteiger partial charge in [-0.15, -0.1) is 0 Å². The van der Waals surface area contributed by atoms with Crippen LogP contribution in [0, 0.1) is 17.3 Å². The Balaban J connectivity index is 2.14. The largest absolute Gasteiger partial charge is 0.316 e. The lowest BCUT2D eigenvalue weighted by atomic mass is 9.64. The SMILES string of the molecule is CC(C)C1CCCCCC12CCCNC2. The summed E-state index contributed by atoms with van der Waals surface area (Å²) >= 11 is 0. The monoisotopic (exact) mass is 209 g/mol. The maximum atomic E-state index is 3.66. The molecule has 0 bridgehead atoms. The van der Waals surface area contributed by atoms with E-state index in [0.717, 1.165) is 11.8 Å². The summed E-state index contributed by atoms with van der Waals surface area (Å²) in [4.78, 5) is 0. The molecule has 0 radical (unpaired) electrons. The smallest absolute Gasteiger partial charge is 0.00106 e. The zero-order valence-corrected chi connectivity index (χ0v) is 10.5. The summed E-state index contributed by atoms with van der Waals surface area (Å²) < 4.78 is 0. The van der Waals surface area contributed by atoms with Crippen LogP contribution in [0.15, 0.2) is 0 Å². The third-order valence-corrected chi connectivity index (χ3v) is 4.79. The van der Waals surface area contributed by atoms with Gasteiger partial charge in [-0.25, -0.2) is 0 Å². The third-order valence-electron chi connectivity index (χ3n) is 4.79. The van der Waals surface area contributed by atoms with E-state index in [-0.39, 0.29) is 0 Å². The first-order chi connectivity index (χ1) is 7.25. The van der Waals surface area contributed by atoms with Crippen molar-refractivity contribution in [1.82, 2.24) is 5.32 Å². The van der Waals surface area contributed by atoms with Gasteiger partial charge in [0.25, 0.3) is 0 Å². The van der Waals surface area contributed by atoms with Crippen LogP contribution in [0.2, 0.25) is 0 Å². The second-order valence-electron chi connectivity index (χ2n) is 6.09. The molecule has 1 nitrogen and oxygen atoms in total. The maximum Gasteiger partial charge on any atom is 0.00106 e. The van der Waals surface area contributed by atoms with E-state index in [2.05, 4.69) is 19.2 Å². The van der Waals surface area contributed by atoms with Gasteiger partial charge in [-0.2, -0.15) is 0 Å². The summed E-state index contributed by atoms with van der Waals surface area (Å²) in [5, 5.41) is 3.66. The molecule has 1 saturated heterocycles. The van der Waals surface area contributed by atoms with Crippen molar-refractivity contribution in [3.8, 4) is 0 Å². The Bertz CT molecular complexity index is 192. The number of hydrogen-bond acceptors (Lipinski definition) is 1. The van der Waals surface area contributed by atoms with Crippen molar-refractivity contribution in [1.29, 1.82) is 0 Å². The van der Waals surface area contributed by atoms with Gasteiger partial charge in [0, 0.05) is 6.54 Å². The molecule has 0 aromatic rings. The Morgan fingerprint density at radius 3 is 2.53 bits per heavy atom. The fraction of sp³-hybridized carbons (Fsp3) is 1.00. The predicted molar refractivity (Wildman–Crippen MR) is 65.9 cm³/mol. The molecule has 0 aromatic heterocycles. The topological polar surface area (TPSA) is 12.0 Å². The second-order valence-corrected chi connectivity index (χ2v) is 6.09. The summed E-state index contributed by atoms with van der Waals surface area (Å²) in [6.07, 6.45) is 10.3. The molecule has 1 saturated carbocycles. The molecule has 0 aromatic carbocycles. The molecule has 0 amide bonds. The van der Waals surface area contributed by atoms with Crippen LogP contribution in [-0.2, 0) is 0 Å². The molecule has 2 unspecified atom stereocenters. The molecule has 1 aliphatic heterocycles. The first-order valence-electron chi connectivity index (χ1n) is 6.95. The third kappa shape index (κ3) is 2.38. The molecule has 1 aliphatic carbocycles. The molecule has 2 aliphatic rings. The molecular formula is C14H27N. The van der Waals surface area contributed by atoms with Gasteiger partial charge < -0.3 is 5.32 Å². The van der Waals surface area contributed by atoms with Gasteiger partial charge in [-0.3, -0.25) is 0 Å². The van der Waals surface area contributed by atoms with Crippen molar-refractivity contribution in [3.63, 3.8) is 0 Å². The quantitative estimate of drug-likeness (QED) is 0.696. The van der Waals surface area contributed by atoms with Gasteiger partial charge in [0.2, 0.25) is 0 Å². The zero-order valence-electron chi connectivity index (χ0n) is 10.5. The lowest BCUT2D eigenvalue weighted by molar-refractivity contribution is 0.0688. The van der Waals surface area contributed by atoms with Crippen LogP contribution in [0.5, 0.6) is 0 Å². The Morgan fingerprint density at radius 1 is 1.07 bits per heavy atom. The van der Waals surface area contributed by atoms with E-state index in [1.165, 1.54) is 58.0 Å². The number of piperidine rings is 1. The van der Waals surface area contributed by atoms with Gasteiger partial charge in [-0.05, 0) is 49.5 Å². The van der Waals surface area contributed by atoms with E-state index >= 15 is 0 Å². The van der Waals surface area contributed by atoms with E-state index in [4.69, 9.17) is 0 Å². The Kier molecular flexibility index (Phi) is 3.71. The van der Waals surface area contributed by atoms with Crippen molar-refractivity contribution in [2.24, 2.45) is 17.3 Å². The molecule has 1 N–H and O–H groups in total. The molecule has 1 heteroatoms. The van der Waals surface area contributed by atoms with Gasteiger partial charge in [0.05, 0.1) is 0 Å². The molecule has 88 valence electrons. The summed E-state index contributed by atoms with van der Waals surface area (Å²) in [7, 11) is 0. The number of nitrogens with one attached hydrogen (secondary N) is 1. The highest BCUT2D eigenvalue weighted by Gasteiger charge is 2.41. The van der Waals surface area contributed by atoms with Crippen molar-refractivity contribution < 1.29 is 0 Å². The van der Waals surface area contributed by atoms with Crippen LogP contribution in [0.1, 0.15) is 58.8 Å². The van der Waals surface area contributed by atoms with Crippen molar-refractivity contribution in [2.75, 3.05) is 13.1 Å². The summed E-state index contributed by atoms with van der Waals surface area (Å²) in [6, 6.07) is 0. The fourth-order valence-corrected chi connectivity index (χ4v) is 4.07. The zero-order chi connectivity index (χ0) is 10.7. The first kappa shape index (κ1) is 11.4. The van der Waals surface area contributed by atoms with Crippen molar-refractivity contribution in [2.45, 2.75) is 58.8 Å². The minimum Gasteiger partial charge on any atom is -0.316 e. The van der Waals surface area contributed by atoms with E-state index < -0.39 is 0 Å². The van der Waals surface area contributed by atoms with Crippen molar-refractivity contribution >= 4 is 0 Å². The summed E-state index contributed by atoms with van der Waals surface area (Å²) in [5.74, 6) is 1.86. The maximum absolute atomic E-state index is 3.66. The van der Waals surface area contributed by atoms with Crippen LogP contribution >= 0.6 is 0 Å². The van der Waals surface area contributed by atoms with Crippen LogP contribution < -0.4 is 5.32 Å². The second kappa shape index (κ2) is 4.86. The van der Waals surface area contributed by atoms with E-state index in [9.17, 15) is 0 Å². The van der Waals surface area contributed by atoms with Gasteiger partial charge >= 0.3 is 0 Å². The Morgan fingerprint density at radius 2 is 1.87 bits per heavy atom. The lowest BCUT2D eigenvalue weighted by Crippen LogP contribution is -2.46. The summed E-state index contributed by atoms with van der Waals surface area (Å²) in [6.45, 7) is 7.43. The minimum atomic E-state index is 0.670. The highest BCUT2D eigenvalue weighted by atomic mass is 14.9. The van der Waals surface area contributed by atoms with Crippen molar-refractivity contribution in [3.05, 3.63) is 0 Å². The standard InChI is InChI=1S/C14H27N/c1-12(2)13-7-4-3-5-8-14(13)9-6-10-15-11-14/h12-13,15H,3-11H2,1-2H3. The van der Waals surface area contributed by atoms with Crippen LogP contribution in [0.4, 0.5) is 0 Å². The average molecular weight is 209 g/mol. The normalized spacial score (nSPS) is 38.2. The average Bonchev–Trinajstić information content (AvgIpc) is 2.42. The van der Waals surface area contributed by atoms with E-state index in [1.54, 1.807) is 0 Å². The molecule has 15 heavy (non-hydrogen) atoms. The first-order valence-corrected chi connectivity index (χ1v) is 6.95. The molecule has 1 spiro atoms. The van der Waals surface area contributed by atoms with Gasteiger partial charge in [0.1, 0.15) is 0 Å². The molecule has 1 heterocycles. The summed E-state index contributed by atoms with van der Waals surface area (Å²) in [5.41, 5.74) is 0.670. The van der Waals surface area contributed by atoms with Crippen LogP contribution in [0.25, 0.3) is 0 Å². The Hall–Kier alpha value is -0.0400. The van der Waals surface area contributed by atoms with Gasteiger partial charge in [-0.1, -0.05) is 33.1 Å². The molecule has 2 rings (SSSR count). The number of hydrogen-bond donors (Lipinski definition) is 1. The predicted octanol–water partition coefficient (Wildman–Crippen LogP) is 3.59. The molecule has 2 atom stereocenters. The number of rotatable bonds is 1. The fourth-order valence-electron chi connectivity index (χ4n) is 4.07. The lowest BCUT2D eigenvalue weighted by Gasteiger charge is -2.45. The van der Waals surface area contributed by atoms with Gasteiger partial charge in [0.15, 0.2) is 0 Å². The van der Waals surface area contributed by atoms with Crippen LogP contribution in [0.3, 0.4) is 0 Å². The van der Waals surface area contributed by atoms with E-state index in [0.29, 0.717) is 5.41 Å². The van der Waals surface area contributed by atoms with Crippen LogP contribution in [-0.4, -0.2) is 13.1 Å². The highest BCUT2D eigenvalue weighted by molar-refractivity contribution is 4.93. The molecule has 2 fully saturated rings. The minimum absolute atomic E-state index is 0.670. The highest BCUT2D eigenvalue weighted by Crippen LogP contribution is 2.47. The van der Waals surface area contributed by atoms with E-state index in [1.807, 2.05) is 0 Å². The Labute approximate surface area is 95.0 Å².